The largest absolute Gasteiger partial charge is 0.756 e. The highest BCUT2D eigenvalue weighted by Crippen LogP contribution is 2.38. The number of hydrogen-bond donors (Lipinski definition) is 0. The molecule has 0 rings (SSSR count). The van der Waals surface area contributed by atoms with Crippen molar-refractivity contribution in [3.05, 3.63) is 0 Å². The number of hydrogen-bond acceptors (Lipinski definition) is 8. The number of likely N-dealkylation sites (N-methyl/N-ethyl adjacent to an activating group) is 1. The molecular weight excluding hydrogens is 677 g/mol. The summed E-state index contributed by atoms with van der Waals surface area (Å²) in [6.07, 6.45) is 34.4. The zero-order chi connectivity index (χ0) is 38.6. The van der Waals surface area contributed by atoms with Crippen molar-refractivity contribution in [1.29, 1.82) is 0 Å². The maximum Gasteiger partial charge on any atom is 0.306 e. The molecule has 9 nitrogen and oxygen atoms in total. The molecule has 0 aromatic heterocycles. The van der Waals surface area contributed by atoms with E-state index in [1.54, 1.807) is 0 Å². The molecule has 52 heavy (non-hydrogen) atoms. The van der Waals surface area contributed by atoms with E-state index < -0.39 is 26.5 Å². The Bertz CT molecular complexity index is 865. The Hall–Kier alpha value is -0.990. The first-order valence-electron chi connectivity index (χ1n) is 21.7. The van der Waals surface area contributed by atoms with E-state index in [0.717, 1.165) is 32.1 Å². The molecule has 0 aromatic rings. The molecule has 0 aliphatic carbocycles. The lowest BCUT2D eigenvalue weighted by atomic mass is 10.0. The molecule has 0 bridgehead atoms. The van der Waals surface area contributed by atoms with Gasteiger partial charge >= 0.3 is 11.9 Å². The summed E-state index contributed by atoms with van der Waals surface area (Å²) in [7, 11) is 1.18. The highest BCUT2D eigenvalue weighted by atomic mass is 31.2. The average molecular weight is 762 g/mol. The van der Waals surface area contributed by atoms with Gasteiger partial charge in [-0.25, -0.2) is 0 Å². The molecule has 0 spiro atoms. The van der Waals surface area contributed by atoms with Crippen LogP contribution >= 0.6 is 7.82 Å². The molecule has 0 aromatic carbocycles. The zero-order valence-corrected chi connectivity index (χ0v) is 35.7. The number of esters is 2. The first-order valence-corrected chi connectivity index (χ1v) is 23.2. The Kier molecular flexibility index (Phi) is 35.0. The first-order chi connectivity index (χ1) is 25.0. The monoisotopic (exact) mass is 762 g/mol. The second-order valence-electron chi connectivity index (χ2n) is 16.1. The molecule has 0 saturated carbocycles. The van der Waals surface area contributed by atoms with Crippen molar-refractivity contribution >= 4 is 19.8 Å². The van der Waals surface area contributed by atoms with Crippen molar-refractivity contribution < 1.29 is 42.1 Å². The van der Waals surface area contributed by atoms with Crippen molar-refractivity contribution in [2.45, 2.75) is 213 Å². The van der Waals surface area contributed by atoms with Gasteiger partial charge in [-0.05, 0) is 12.8 Å². The molecule has 0 aliphatic heterocycles. The van der Waals surface area contributed by atoms with Crippen LogP contribution in [-0.2, 0) is 32.7 Å². The Morgan fingerprint density at radius 2 is 0.865 bits per heavy atom. The summed E-state index contributed by atoms with van der Waals surface area (Å²) >= 11 is 0. The van der Waals surface area contributed by atoms with E-state index in [-0.39, 0.29) is 32.0 Å². The maximum absolute atomic E-state index is 12.6. The van der Waals surface area contributed by atoms with Crippen LogP contribution in [0.5, 0.6) is 0 Å². The molecule has 0 heterocycles. The van der Waals surface area contributed by atoms with Crippen LogP contribution in [0.15, 0.2) is 0 Å². The summed E-state index contributed by atoms with van der Waals surface area (Å²) in [5.41, 5.74) is 0. The van der Waals surface area contributed by atoms with Gasteiger partial charge in [0.25, 0.3) is 7.82 Å². The van der Waals surface area contributed by atoms with E-state index >= 15 is 0 Å². The number of unbranched alkanes of at least 4 members (excludes halogenated alkanes) is 26. The molecule has 310 valence electrons. The lowest BCUT2D eigenvalue weighted by Gasteiger charge is -2.28. The zero-order valence-electron chi connectivity index (χ0n) is 34.8. The third-order valence-electron chi connectivity index (χ3n) is 9.63. The summed E-state index contributed by atoms with van der Waals surface area (Å²) < 4.78 is 33.7. The molecular formula is C42H84NO8P. The molecule has 2 atom stereocenters. The van der Waals surface area contributed by atoms with Crippen molar-refractivity contribution in [3.63, 3.8) is 0 Å². The van der Waals surface area contributed by atoms with Crippen molar-refractivity contribution in [2.24, 2.45) is 0 Å². The van der Waals surface area contributed by atoms with Crippen molar-refractivity contribution in [3.8, 4) is 0 Å². The topological polar surface area (TPSA) is 111 Å². The van der Waals surface area contributed by atoms with Crippen LogP contribution in [-0.4, -0.2) is 70.0 Å². The maximum atomic E-state index is 12.6. The van der Waals surface area contributed by atoms with Gasteiger partial charge in [-0.2, -0.15) is 0 Å². The number of phosphoric ester groups is 1. The Morgan fingerprint density at radius 3 is 1.23 bits per heavy atom. The fraction of sp³-hybridized carbons (Fsp3) is 0.952. The van der Waals surface area contributed by atoms with Crippen LogP contribution in [0.25, 0.3) is 0 Å². The van der Waals surface area contributed by atoms with Crippen LogP contribution in [0.2, 0.25) is 0 Å². The molecule has 0 aliphatic rings. The molecule has 1 unspecified atom stereocenters. The predicted molar refractivity (Wildman–Crippen MR) is 213 cm³/mol. The molecule has 0 radical (unpaired) electrons. The fourth-order valence-electron chi connectivity index (χ4n) is 6.18. The van der Waals surface area contributed by atoms with Gasteiger partial charge in [-0.15, -0.1) is 0 Å². The van der Waals surface area contributed by atoms with Crippen molar-refractivity contribution in [1.82, 2.24) is 0 Å². The normalized spacial score (nSPS) is 13.6. The number of quaternary nitrogens is 1. The number of nitrogens with zero attached hydrogens (tertiary/aromatic N) is 1. The minimum Gasteiger partial charge on any atom is -0.756 e. The van der Waals surface area contributed by atoms with E-state index in [1.165, 1.54) is 141 Å². The minimum absolute atomic E-state index is 0.0262. The summed E-state index contributed by atoms with van der Waals surface area (Å²) in [5.74, 6) is -0.829. The number of ether oxygens (including phenoxy) is 2. The third kappa shape index (κ3) is 38.7. The summed E-state index contributed by atoms with van der Waals surface area (Å²) in [6.45, 7) is 4.21. The Morgan fingerprint density at radius 1 is 0.519 bits per heavy atom. The number of carbonyl (C=O) groups excluding carboxylic acids is 2. The lowest BCUT2D eigenvalue weighted by molar-refractivity contribution is -0.870. The fourth-order valence-corrected chi connectivity index (χ4v) is 6.91. The molecule has 10 heteroatoms. The second kappa shape index (κ2) is 35.7. The number of phosphoric acid groups is 1. The number of rotatable bonds is 40. The summed E-state index contributed by atoms with van der Waals surface area (Å²) in [4.78, 5) is 37.3. The van der Waals surface area contributed by atoms with Gasteiger partial charge in [0.1, 0.15) is 19.8 Å². The van der Waals surface area contributed by atoms with Gasteiger partial charge in [0, 0.05) is 12.8 Å². The minimum atomic E-state index is -4.61. The van der Waals surface area contributed by atoms with Gasteiger partial charge in [0.2, 0.25) is 0 Å². The summed E-state index contributed by atoms with van der Waals surface area (Å²) in [5, 5.41) is 0. The quantitative estimate of drug-likeness (QED) is 0.0263. The molecule has 0 saturated heterocycles. The Balaban J connectivity index is 4.15. The molecule has 0 N–H and O–H groups in total. The highest BCUT2D eigenvalue weighted by molar-refractivity contribution is 7.45. The van der Waals surface area contributed by atoms with Gasteiger partial charge < -0.3 is 27.9 Å². The lowest BCUT2D eigenvalue weighted by Crippen LogP contribution is -2.37. The average Bonchev–Trinajstić information content (AvgIpc) is 3.09. The third-order valence-corrected chi connectivity index (χ3v) is 10.6. The van der Waals surface area contributed by atoms with Crippen LogP contribution in [0.1, 0.15) is 206 Å². The van der Waals surface area contributed by atoms with Crippen LogP contribution in [0.3, 0.4) is 0 Å². The van der Waals surface area contributed by atoms with E-state index in [1.807, 2.05) is 21.1 Å². The highest BCUT2D eigenvalue weighted by Gasteiger charge is 2.21. The first kappa shape index (κ1) is 51.0. The van der Waals surface area contributed by atoms with Crippen LogP contribution in [0, 0.1) is 0 Å². The van der Waals surface area contributed by atoms with E-state index in [2.05, 4.69) is 13.8 Å². The van der Waals surface area contributed by atoms with Gasteiger partial charge in [0.15, 0.2) is 6.10 Å². The van der Waals surface area contributed by atoms with Crippen LogP contribution in [0.4, 0.5) is 0 Å². The van der Waals surface area contributed by atoms with Gasteiger partial charge in [-0.1, -0.05) is 181 Å². The summed E-state index contributed by atoms with van der Waals surface area (Å²) in [6, 6.07) is 0. The van der Waals surface area contributed by atoms with E-state index in [0.29, 0.717) is 17.4 Å². The van der Waals surface area contributed by atoms with E-state index in [9.17, 15) is 19.0 Å². The van der Waals surface area contributed by atoms with E-state index in [4.69, 9.17) is 18.5 Å². The predicted octanol–water partition coefficient (Wildman–Crippen LogP) is 11.4. The smallest absolute Gasteiger partial charge is 0.306 e. The SMILES string of the molecule is CCCCCCCCCCCCCCCCCCCCCCCC(=O)O[C@H](COC(=O)CCCCCCCCC)COP(=O)([O-])OCC[N+](C)(C)C. The second-order valence-corrected chi connectivity index (χ2v) is 17.5. The standard InChI is InChI=1S/C42H84NO8P/c1-6-8-10-12-14-15-16-17-18-19-20-21-22-23-24-25-26-27-29-31-33-35-42(45)51-40(39-50-52(46,47)49-37-36-43(3,4)5)38-48-41(44)34-32-30-28-13-11-9-7-2/h40H,6-39H2,1-5H3/t40-/m1/s1. The van der Waals surface area contributed by atoms with Gasteiger partial charge in [-0.3, -0.25) is 14.2 Å². The Labute approximate surface area is 321 Å². The van der Waals surface area contributed by atoms with Gasteiger partial charge in [0.05, 0.1) is 27.7 Å². The molecule has 0 amide bonds. The van der Waals surface area contributed by atoms with Crippen LogP contribution < -0.4 is 4.89 Å². The molecule has 0 fully saturated rings. The number of carbonyl (C=O) groups is 2. The van der Waals surface area contributed by atoms with Crippen molar-refractivity contribution in [2.75, 3.05) is 47.5 Å².